The summed E-state index contributed by atoms with van der Waals surface area (Å²) < 4.78 is 0. The Kier molecular flexibility index (Phi) is 8.83. The Hall–Kier alpha value is 0.150. The van der Waals surface area contributed by atoms with Crippen LogP contribution >= 0.6 is 0 Å². The Labute approximate surface area is 171 Å². The van der Waals surface area contributed by atoms with E-state index in [1.165, 1.54) is 64.2 Å². The zero-order valence-electron chi connectivity index (χ0n) is 13.6. The zero-order chi connectivity index (χ0) is 13.4. The molecule has 0 nitrogen and oxygen atoms in total. The first-order valence-electron chi connectivity index (χ1n) is 8.43. The van der Waals surface area contributed by atoms with Crippen molar-refractivity contribution < 1.29 is 50.7 Å². The van der Waals surface area contributed by atoms with E-state index in [1.807, 2.05) is 0 Å². The minimum absolute atomic E-state index is 0. The van der Waals surface area contributed by atoms with E-state index >= 15 is 0 Å². The maximum absolute atomic E-state index is 2.48. The molecule has 0 heterocycles. The SMILES string of the molecule is [Cl-].[Cl-].[Hf+4].c1c(CCc2cc3c([cH-]2)CCCC3)[cH-]c2c1CCCC2. The maximum Gasteiger partial charge on any atom is 4.00 e. The summed E-state index contributed by atoms with van der Waals surface area (Å²) >= 11 is 0. The Morgan fingerprint density at radius 1 is 0.652 bits per heavy atom. The van der Waals surface area contributed by atoms with Crippen molar-refractivity contribution >= 4 is 0 Å². The number of aryl methyl sites for hydroxylation is 6. The minimum Gasteiger partial charge on any atom is -1.00 e. The predicted octanol–water partition coefficient (Wildman–Crippen LogP) is -1.33. The average Bonchev–Trinajstić information content (AvgIpc) is 3.07. The van der Waals surface area contributed by atoms with Gasteiger partial charge in [-0.05, 0) is 12.8 Å². The van der Waals surface area contributed by atoms with Gasteiger partial charge in [-0.15, -0.1) is 0 Å². The van der Waals surface area contributed by atoms with Crippen molar-refractivity contribution in [3.63, 3.8) is 0 Å². The van der Waals surface area contributed by atoms with E-state index in [1.54, 1.807) is 33.4 Å². The fourth-order valence-corrected chi connectivity index (χ4v) is 4.12. The average molecular weight is 514 g/mol. The molecule has 2 aromatic carbocycles. The quantitative estimate of drug-likeness (QED) is 0.353. The summed E-state index contributed by atoms with van der Waals surface area (Å²) in [5.74, 6) is 0. The standard InChI is InChI=1S/C20H24.2ClH.Hf/c1-2-6-18-12-15(11-17(18)5-1)9-10-16-13-19-7-3-4-8-20(19)14-16;;;/h11-14H,1-10H2;2*1H;/q-2;;;+4/p-2. The van der Waals surface area contributed by atoms with E-state index in [-0.39, 0.29) is 50.7 Å². The number of hydrogen-bond donors (Lipinski definition) is 0. The van der Waals surface area contributed by atoms with Crippen LogP contribution in [0.15, 0.2) is 24.3 Å². The number of hydrogen-bond acceptors (Lipinski definition) is 0. The van der Waals surface area contributed by atoms with Gasteiger partial charge in [0.15, 0.2) is 0 Å². The normalized spacial score (nSPS) is 15.5. The number of fused-ring (bicyclic) bond motifs is 2. The van der Waals surface area contributed by atoms with E-state index in [4.69, 9.17) is 0 Å². The molecule has 0 spiro atoms. The van der Waals surface area contributed by atoms with Crippen molar-refractivity contribution in [2.75, 3.05) is 0 Å². The second-order valence-electron chi connectivity index (χ2n) is 6.74. The van der Waals surface area contributed by atoms with Gasteiger partial charge >= 0.3 is 25.8 Å². The summed E-state index contributed by atoms with van der Waals surface area (Å²) in [5.41, 5.74) is 9.74. The summed E-state index contributed by atoms with van der Waals surface area (Å²) in [5, 5.41) is 0. The molecule has 0 fully saturated rings. The largest absolute Gasteiger partial charge is 4.00 e. The molecular weight excluding hydrogens is 490 g/mol. The minimum atomic E-state index is 0. The van der Waals surface area contributed by atoms with Crippen molar-refractivity contribution in [1.82, 2.24) is 0 Å². The van der Waals surface area contributed by atoms with E-state index < -0.39 is 0 Å². The van der Waals surface area contributed by atoms with Gasteiger partial charge in [0.2, 0.25) is 0 Å². The van der Waals surface area contributed by atoms with Gasteiger partial charge in [0, 0.05) is 0 Å². The molecule has 0 radical (unpaired) electrons. The summed E-state index contributed by atoms with van der Waals surface area (Å²) in [6, 6.07) is 9.93. The third kappa shape index (κ3) is 4.83. The summed E-state index contributed by atoms with van der Waals surface area (Å²) in [6.07, 6.45) is 13.3. The molecule has 0 unspecified atom stereocenters. The van der Waals surface area contributed by atoms with Gasteiger partial charge in [-0.25, -0.2) is 12.1 Å². The van der Waals surface area contributed by atoms with E-state index in [0.717, 1.165) is 0 Å². The molecule has 0 atom stereocenters. The molecule has 23 heavy (non-hydrogen) atoms. The van der Waals surface area contributed by atoms with Crippen LogP contribution in [0.5, 0.6) is 0 Å². The molecule has 4 rings (SSSR count). The fourth-order valence-electron chi connectivity index (χ4n) is 4.12. The van der Waals surface area contributed by atoms with Gasteiger partial charge in [-0.1, -0.05) is 51.4 Å². The molecule has 0 amide bonds. The fraction of sp³-hybridized carbons (Fsp3) is 0.500. The summed E-state index contributed by atoms with van der Waals surface area (Å²) in [6.45, 7) is 0. The third-order valence-electron chi connectivity index (χ3n) is 5.25. The molecular formula is C20H24Cl2Hf. The van der Waals surface area contributed by atoms with E-state index in [0.29, 0.717) is 0 Å². The Bertz CT molecular complexity index is 508. The molecule has 0 saturated carbocycles. The van der Waals surface area contributed by atoms with Crippen molar-refractivity contribution in [2.45, 2.75) is 64.2 Å². The van der Waals surface area contributed by atoms with Crippen LogP contribution in [0.1, 0.15) is 59.1 Å². The maximum atomic E-state index is 2.48. The van der Waals surface area contributed by atoms with Crippen LogP contribution in [0.4, 0.5) is 0 Å². The van der Waals surface area contributed by atoms with Crippen molar-refractivity contribution in [1.29, 1.82) is 0 Å². The van der Waals surface area contributed by atoms with Gasteiger partial charge in [-0.3, -0.25) is 0 Å². The molecule has 3 heteroatoms. The van der Waals surface area contributed by atoms with Gasteiger partial charge in [-0.2, -0.15) is 45.5 Å². The molecule has 2 aliphatic carbocycles. The molecule has 2 aliphatic rings. The predicted molar refractivity (Wildman–Crippen MR) is 84.8 cm³/mol. The van der Waals surface area contributed by atoms with Crippen LogP contribution in [0, 0.1) is 0 Å². The molecule has 0 bridgehead atoms. The van der Waals surface area contributed by atoms with Crippen LogP contribution in [0.2, 0.25) is 0 Å². The monoisotopic (exact) mass is 514 g/mol. The van der Waals surface area contributed by atoms with Crippen LogP contribution in [-0.4, -0.2) is 0 Å². The molecule has 2 aromatic rings. The first-order valence-corrected chi connectivity index (χ1v) is 8.43. The Morgan fingerprint density at radius 2 is 1.04 bits per heavy atom. The molecule has 0 aromatic heterocycles. The van der Waals surface area contributed by atoms with Gasteiger partial charge in [0.25, 0.3) is 0 Å². The van der Waals surface area contributed by atoms with Crippen molar-refractivity contribution in [3.8, 4) is 0 Å². The van der Waals surface area contributed by atoms with Crippen LogP contribution in [0.3, 0.4) is 0 Å². The first kappa shape index (κ1) is 21.2. The smallest absolute Gasteiger partial charge is 1.00 e. The topological polar surface area (TPSA) is 0 Å². The van der Waals surface area contributed by atoms with E-state index in [9.17, 15) is 0 Å². The Morgan fingerprint density at radius 3 is 1.43 bits per heavy atom. The van der Waals surface area contributed by atoms with Crippen molar-refractivity contribution in [3.05, 3.63) is 57.6 Å². The van der Waals surface area contributed by atoms with Crippen molar-refractivity contribution in [2.24, 2.45) is 0 Å². The van der Waals surface area contributed by atoms with Crippen LogP contribution in [-0.2, 0) is 64.4 Å². The van der Waals surface area contributed by atoms with E-state index in [2.05, 4.69) is 24.3 Å². The second kappa shape index (κ2) is 9.59. The van der Waals surface area contributed by atoms with Crippen LogP contribution in [0.25, 0.3) is 0 Å². The van der Waals surface area contributed by atoms with Crippen LogP contribution < -0.4 is 24.8 Å². The Balaban J connectivity index is 0.000000882. The zero-order valence-corrected chi connectivity index (χ0v) is 18.7. The number of rotatable bonds is 3. The van der Waals surface area contributed by atoms with Gasteiger partial charge in [0.05, 0.1) is 0 Å². The third-order valence-corrected chi connectivity index (χ3v) is 5.25. The number of halogens is 2. The van der Waals surface area contributed by atoms with Gasteiger partial charge in [0.1, 0.15) is 0 Å². The molecule has 0 saturated heterocycles. The first-order chi connectivity index (χ1) is 9.88. The molecule has 0 aliphatic heterocycles. The second-order valence-corrected chi connectivity index (χ2v) is 6.74. The summed E-state index contributed by atoms with van der Waals surface area (Å²) in [7, 11) is 0. The van der Waals surface area contributed by atoms with Gasteiger partial charge < -0.3 is 24.8 Å². The summed E-state index contributed by atoms with van der Waals surface area (Å²) in [4.78, 5) is 0. The molecule has 122 valence electrons. The molecule has 0 N–H and O–H groups in total.